The number of carbonyl (C=O) groups is 2. The Hall–Kier alpha value is -2.84. The van der Waals surface area contributed by atoms with E-state index in [0.717, 1.165) is 6.07 Å². The van der Waals surface area contributed by atoms with E-state index in [1.54, 1.807) is 20.8 Å². The average molecular weight is 352 g/mol. The van der Waals surface area contributed by atoms with Gasteiger partial charge in [0.05, 0.1) is 11.5 Å². The molecule has 0 aromatic heterocycles. The Bertz CT molecular complexity index is 690. The van der Waals surface area contributed by atoms with Crippen molar-refractivity contribution in [1.29, 1.82) is 0 Å². The molecule has 1 N–H and O–H groups in total. The Labute approximate surface area is 144 Å². The summed E-state index contributed by atoms with van der Waals surface area (Å²) in [7, 11) is 0. The summed E-state index contributed by atoms with van der Waals surface area (Å²) in [6, 6.07) is 3.42. The number of likely N-dealkylation sites (tertiary alicyclic amines) is 1. The van der Waals surface area contributed by atoms with Crippen molar-refractivity contribution in [2.45, 2.75) is 26.4 Å². The highest BCUT2D eigenvalue weighted by Crippen LogP contribution is 2.26. The molecule has 1 aliphatic heterocycles. The van der Waals surface area contributed by atoms with Crippen LogP contribution >= 0.6 is 0 Å². The molecule has 1 aliphatic rings. The lowest BCUT2D eigenvalue weighted by atomic mass is 10.0. The second kappa shape index (κ2) is 6.96. The fourth-order valence-corrected chi connectivity index (χ4v) is 2.28. The van der Waals surface area contributed by atoms with Crippen molar-refractivity contribution in [3.63, 3.8) is 0 Å². The Morgan fingerprint density at radius 3 is 2.52 bits per heavy atom. The van der Waals surface area contributed by atoms with E-state index in [9.17, 15) is 19.7 Å². The molecule has 1 fully saturated rings. The highest BCUT2D eigenvalue weighted by atomic mass is 16.6. The van der Waals surface area contributed by atoms with Crippen LogP contribution in [-0.4, -0.2) is 52.3 Å². The molecule has 0 aliphatic carbocycles. The first-order chi connectivity index (χ1) is 11.6. The monoisotopic (exact) mass is 352 g/mol. The first-order valence-electron chi connectivity index (χ1n) is 7.69. The summed E-state index contributed by atoms with van der Waals surface area (Å²) >= 11 is 0. The summed E-state index contributed by atoms with van der Waals surface area (Å²) in [4.78, 5) is 34.7. The molecule has 0 saturated carbocycles. The molecule has 1 saturated heterocycles. The molecule has 1 heterocycles. The van der Waals surface area contributed by atoms with Gasteiger partial charge < -0.3 is 19.5 Å². The second-order valence-corrected chi connectivity index (χ2v) is 6.81. The third-order valence-corrected chi connectivity index (χ3v) is 3.49. The zero-order chi connectivity index (χ0) is 18.8. The lowest BCUT2D eigenvalue weighted by Gasteiger charge is -2.39. The van der Waals surface area contributed by atoms with Crippen LogP contribution in [0.1, 0.15) is 31.1 Å². The molecular weight excluding hydrogens is 332 g/mol. The molecule has 1 aromatic rings. The fourth-order valence-electron chi connectivity index (χ4n) is 2.28. The maximum absolute atomic E-state index is 11.8. The van der Waals surface area contributed by atoms with Crippen LogP contribution in [0.5, 0.6) is 5.75 Å². The second-order valence-electron chi connectivity index (χ2n) is 6.81. The standard InChI is InChI=1S/C16H20N2O7/c1-16(2,3)25-15(21)17-7-10(8-17)9-24-13-5-4-11(18(22)23)6-12(13)14(19)20/h4-6,10H,7-9H2,1-3H3,(H,19,20). The van der Waals surface area contributed by atoms with Gasteiger partial charge in [-0.15, -0.1) is 0 Å². The van der Waals surface area contributed by atoms with Crippen LogP contribution in [0.4, 0.5) is 10.5 Å². The van der Waals surface area contributed by atoms with E-state index >= 15 is 0 Å². The number of hydrogen-bond acceptors (Lipinski definition) is 6. The van der Waals surface area contributed by atoms with Gasteiger partial charge in [-0.1, -0.05) is 0 Å². The first kappa shape index (κ1) is 18.5. The van der Waals surface area contributed by atoms with E-state index in [1.807, 2.05) is 0 Å². The molecule has 136 valence electrons. The Morgan fingerprint density at radius 2 is 2.00 bits per heavy atom. The van der Waals surface area contributed by atoms with Crippen LogP contribution in [0.2, 0.25) is 0 Å². The lowest BCUT2D eigenvalue weighted by molar-refractivity contribution is -0.384. The maximum Gasteiger partial charge on any atom is 0.410 e. The van der Waals surface area contributed by atoms with Gasteiger partial charge in [-0.25, -0.2) is 9.59 Å². The van der Waals surface area contributed by atoms with Gasteiger partial charge in [0.15, 0.2) is 0 Å². The van der Waals surface area contributed by atoms with Crippen LogP contribution in [0.25, 0.3) is 0 Å². The zero-order valence-electron chi connectivity index (χ0n) is 14.2. The normalized spacial score (nSPS) is 14.6. The van der Waals surface area contributed by atoms with Gasteiger partial charge in [-0.2, -0.15) is 0 Å². The number of ether oxygens (including phenoxy) is 2. The zero-order valence-corrected chi connectivity index (χ0v) is 14.2. The number of nitro benzene ring substituents is 1. The molecule has 0 unspecified atom stereocenters. The maximum atomic E-state index is 11.8. The number of carbonyl (C=O) groups excluding carboxylic acids is 1. The van der Waals surface area contributed by atoms with E-state index in [1.165, 1.54) is 17.0 Å². The summed E-state index contributed by atoms with van der Waals surface area (Å²) in [5.74, 6) is -1.19. The van der Waals surface area contributed by atoms with Crippen molar-refractivity contribution in [2.24, 2.45) is 5.92 Å². The molecule has 9 heteroatoms. The molecule has 25 heavy (non-hydrogen) atoms. The minimum absolute atomic E-state index is 0.0457. The van der Waals surface area contributed by atoms with Crippen LogP contribution in [-0.2, 0) is 4.74 Å². The van der Waals surface area contributed by atoms with Gasteiger partial charge in [0.1, 0.15) is 16.9 Å². The van der Waals surface area contributed by atoms with E-state index in [4.69, 9.17) is 14.6 Å². The molecule has 1 amide bonds. The Morgan fingerprint density at radius 1 is 1.36 bits per heavy atom. The van der Waals surface area contributed by atoms with Crippen molar-refractivity contribution < 1.29 is 29.1 Å². The molecule has 0 atom stereocenters. The van der Waals surface area contributed by atoms with Crippen molar-refractivity contribution in [3.05, 3.63) is 33.9 Å². The van der Waals surface area contributed by atoms with Gasteiger partial charge in [-0.05, 0) is 26.8 Å². The Balaban J connectivity index is 1.90. The van der Waals surface area contributed by atoms with Gasteiger partial charge in [-0.3, -0.25) is 10.1 Å². The number of benzene rings is 1. The van der Waals surface area contributed by atoms with Crippen molar-refractivity contribution >= 4 is 17.7 Å². The summed E-state index contributed by atoms with van der Waals surface area (Å²) in [6.07, 6.45) is -0.398. The number of non-ortho nitro benzene ring substituents is 1. The van der Waals surface area contributed by atoms with Crippen molar-refractivity contribution in [1.82, 2.24) is 4.90 Å². The molecule has 9 nitrogen and oxygen atoms in total. The third-order valence-electron chi connectivity index (χ3n) is 3.49. The predicted molar refractivity (Wildman–Crippen MR) is 86.8 cm³/mol. The van der Waals surface area contributed by atoms with Crippen molar-refractivity contribution in [3.8, 4) is 5.75 Å². The highest BCUT2D eigenvalue weighted by molar-refractivity contribution is 5.91. The van der Waals surface area contributed by atoms with Crippen molar-refractivity contribution in [2.75, 3.05) is 19.7 Å². The third kappa shape index (κ3) is 4.82. The Kier molecular flexibility index (Phi) is 5.15. The number of nitro groups is 1. The molecule has 0 spiro atoms. The number of nitrogens with zero attached hydrogens (tertiary/aromatic N) is 2. The summed E-state index contributed by atoms with van der Waals surface area (Å²) < 4.78 is 10.7. The largest absolute Gasteiger partial charge is 0.492 e. The van der Waals surface area contributed by atoms with Gasteiger partial charge >= 0.3 is 12.1 Å². The van der Waals surface area contributed by atoms with E-state index in [0.29, 0.717) is 13.1 Å². The molecule has 0 bridgehead atoms. The summed E-state index contributed by atoms with van der Waals surface area (Å²) in [5.41, 5.74) is -1.14. The first-order valence-corrected chi connectivity index (χ1v) is 7.69. The number of aromatic carboxylic acids is 1. The SMILES string of the molecule is CC(C)(C)OC(=O)N1CC(COc2ccc([N+](=O)[O-])cc2C(=O)O)C1. The number of carboxylic acids is 1. The van der Waals surface area contributed by atoms with Gasteiger partial charge in [0.25, 0.3) is 5.69 Å². The predicted octanol–water partition coefficient (Wildman–Crippen LogP) is 2.54. The molecule has 1 aromatic carbocycles. The van der Waals surface area contributed by atoms with E-state index < -0.39 is 22.6 Å². The quantitative estimate of drug-likeness (QED) is 0.638. The van der Waals surface area contributed by atoms with E-state index in [2.05, 4.69) is 0 Å². The summed E-state index contributed by atoms with van der Waals surface area (Å²) in [5, 5.41) is 19.9. The minimum atomic E-state index is -1.30. The number of carboxylic acid groups (broad SMARTS) is 1. The molecule has 2 rings (SSSR count). The lowest BCUT2D eigenvalue weighted by Crippen LogP contribution is -2.53. The van der Waals surface area contributed by atoms with Crippen LogP contribution in [0.3, 0.4) is 0 Å². The van der Waals surface area contributed by atoms with Crippen LogP contribution < -0.4 is 4.74 Å². The summed E-state index contributed by atoms with van der Waals surface area (Å²) in [6.45, 7) is 6.46. The number of rotatable bonds is 5. The molecule has 0 radical (unpaired) electrons. The van der Waals surface area contributed by atoms with E-state index in [-0.39, 0.29) is 29.5 Å². The van der Waals surface area contributed by atoms with Crippen LogP contribution in [0.15, 0.2) is 18.2 Å². The highest BCUT2D eigenvalue weighted by Gasteiger charge is 2.34. The minimum Gasteiger partial charge on any atom is -0.492 e. The number of hydrogen-bond donors (Lipinski definition) is 1. The number of amides is 1. The van der Waals surface area contributed by atoms with Crippen LogP contribution in [0, 0.1) is 16.0 Å². The smallest absolute Gasteiger partial charge is 0.410 e. The average Bonchev–Trinajstić information content (AvgIpc) is 2.43. The topological polar surface area (TPSA) is 119 Å². The van der Waals surface area contributed by atoms with Gasteiger partial charge in [0, 0.05) is 31.1 Å². The van der Waals surface area contributed by atoms with Gasteiger partial charge in [0.2, 0.25) is 0 Å². The fraction of sp³-hybridized carbons (Fsp3) is 0.500. The molecular formula is C16H20N2O7.